The lowest BCUT2D eigenvalue weighted by Crippen LogP contribution is -2.26. The van der Waals surface area contributed by atoms with Crippen LogP contribution in [0, 0.1) is 0 Å². The molecule has 7 aromatic rings. The van der Waals surface area contributed by atoms with Gasteiger partial charge in [-0.25, -0.2) is 4.57 Å². The van der Waals surface area contributed by atoms with Crippen LogP contribution < -0.4 is 11.1 Å². The third kappa shape index (κ3) is 2.83. The average molecular weight is 482 g/mol. The zero-order chi connectivity index (χ0) is 25.6. The highest BCUT2D eigenvalue weighted by Crippen LogP contribution is 2.42. The van der Waals surface area contributed by atoms with Gasteiger partial charge in [0.05, 0.1) is 16.5 Å². The van der Waals surface area contributed by atoms with Gasteiger partial charge in [0.2, 0.25) is 0 Å². The van der Waals surface area contributed by atoms with Crippen LogP contribution in [-0.4, -0.2) is 4.57 Å². The van der Waals surface area contributed by atoms with E-state index in [0.717, 1.165) is 43.7 Å². The summed E-state index contributed by atoms with van der Waals surface area (Å²) in [7, 11) is 0. The van der Waals surface area contributed by atoms with E-state index in [4.69, 9.17) is 0 Å². The zero-order valence-corrected chi connectivity index (χ0v) is 21.4. The number of hydrogen-bond acceptors (Lipinski definition) is 2. The van der Waals surface area contributed by atoms with E-state index in [-0.39, 0.29) is 23.0 Å². The molecule has 1 heterocycles. The lowest BCUT2D eigenvalue weighted by atomic mass is 9.88. The molecule has 0 fully saturated rings. The Morgan fingerprint density at radius 2 is 1.03 bits per heavy atom. The van der Waals surface area contributed by atoms with Crippen LogP contribution in [0.4, 0.5) is 0 Å². The third-order valence-corrected chi connectivity index (χ3v) is 8.06. The molecule has 180 valence electrons. The van der Waals surface area contributed by atoms with E-state index in [1.165, 1.54) is 20.7 Å². The maximum atomic E-state index is 14.2. The molecule has 0 spiro atoms. The molecule has 7 rings (SSSR count). The van der Waals surface area contributed by atoms with Crippen molar-refractivity contribution in [3.05, 3.63) is 111 Å². The van der Waals surface area contributed by atoms with Crippen LogP contribution in [0.2, 0.25) is 0 Å². The quantitative estimate of drug-likeness (QED) is 0.189. The van der Waals surface area contributed by atoms with Gasteiger partial charge in [-0.1, -0.05) is 100 Å². The first-order valence-corrected chi connectivity index (χ1v) is 13.0. The van der Waals surface area contributed by atoms with E-state index in [1.54, 1.807) is 0 Å². The normalized spacial score (nSPS) is 12.5. The van der Waals surface area contributed by atoms with Crippen LogP contribution in [0.5, 0.6) is 0 Å². The summed E-state index contributed by atoms with van der Waals surface area (Å²) in [4.78, 5) is 28.4. The van der Waals surface area contributed by atoms with E-state index in [9.17, 15) is 9.59 Å². The Labute approximate surface area is 214 Å². The van der Waals surface area contributed by atoms with E-state index in [1.807, 2.05) is 36.4 Å². The summed E-state index contributed by atoms with van der Waals surface area (Å²) in [6.07, 6.45) is 0. The summed E-state index contributed by atoms with van der Waals surface area (Å²) >= 11 is 0. The molecule has 0 saturated heterocycles. The van der Waals surface area contributed by atoms with Gasteiger partial charge < -0.3 is 0 Å². The van der Waals surface area contributed by atoms with E-state index in [2.05, 4.69) is 70.2 Å². The highest BCUT2D eigenvalue weighted by Gasteiger charge is 2.25. The summed E-state index contributed by atoms with van der Waals surface area (Å²) in [5.41, 5.74) is 2.34. The van der Waals surface area contributed by atoms with Gasteiger partial charge in [0.1, 0.15) is 0 Å². The number of nitrogens with zero attached hydrogens (tertiary/aromatic N) is 1. The Morgan fingerprint density at radius 3 is 1.65 bits per heavy atom. The average Bonchev–Trinajstić information content (AvgIpc) is 3.15. The van der Waals surface area contributed by atoms with Gasteiger partial charge in [-0.05, 0) is 72.1 Å². The molecule has 3 nitrogen and oxygen atoms in total. The summed E-state index contributed by atoms with van der Waals surface area (Å²) in [6.45, 7) is 8.45. The highest BCUT2D eigenvalue weighted by atomic mass is 16.2. The molecule has 6 aromatic carbocycles. The van der Waals surface area contributed by atoms with Crippen molar-refractivity contribution in [3.63, 3.8) is 0 Å². The van der Waals surface area contributed by atoms with Gasteiger partial charge in [0.15, 0.2) is 0 Å². The molecule has 0 bridgehead atoms. The fraction of sp³-hybridized carbons (Fsp3) is 0.176. The lowest BCUT2D eigenvalue weighted by molar-refractivity contribution is 0.796. The van der Waals surface area contributed by atoms with E-state index >= 15 is 0 Å². The molecule has 0 N–H and O–H groups in total. The standard InChI is InChI=1S/C34H27NO2/c1-18(2)21-11-7-12-22(19(3)4)32(21)35-33(36)28-17-27-25-14-6-10-20-9-5-13-23(29(20)25)24-15-8-16-26(30(24)27)31(28)34(35)37/h5-19H,1-4H3. The van der Waals surface area contributed by atoms with Gasteiger partial charge in [-0.2, -0.15) is 0 Å². The fourth-order valence-electron chi connectivity index (χ4n) is 6.41. The maximum Gasteiger partial charge on any atom is 0.266 e. The largest absolute Gasteiger partial charge is 0.268 e. The molecule has 0 unspecified atom stereocenters. The van der Waals surface area contributed by atoms with Crippen molar-refractivity contribution in [2.24, 2.45) is 0 Å². The molecule has 0 radical (unpaired) electrons. The van der Waals surface area contributed by atoms with Crippen molar-refractivity contribution in [2.75, 3.05) is 0 Å². The number of hydrogen-bond donors (Lipinski definition) is 0. The Balaban J connectivity index is 1.74. The molecule has 0 aliphatic rings. The van der Waals surface area contributed by atoms with Crippen LogP contribution in [0.15, 0.2) is 88.5 Å². The number of para-hydroxylation sites is 1. The maximum absolute atomic E-state index is 14.2. The summed E-state index contributed by atoms with van der Waals surface area (Å²) in [5, 5.41) is 9.72. The van der Waals surface area contributed by atoms with Crippen LogP contribution in [0.25, 0.3) is 59.5 Å². The molecule has 3 heteroatoms. The SMILES string of the molecule is CC(C)c1cccc(C(C)C)c1-n1c(=O)c2cc3c4cccc5cccc(c6cccc(c2c1=O)c63)c54. The molecule has 1 aromatic heterocycles. The van der Waals surface area contributed by atoms with Crippen molar-refractivity contribution in [1.29, 1.82) is 0 Å². The lowest BCUT2D eigenvalue weighted by Gasteiger charge is -2.19. The van der Waals surface area contributed by atoms with Crippen molar-refractivity contribution < 1.29 is 0 Å². The van der Waals surface area contributed by atoms with Crippen molar-refractivity contribution in [2.45, 2.75) is 39.5 Å². The first-order chi connectivity index (χ1) is 17.9. The number of aromatic nitrogens is 1. The Bertz CT molecular complexity index is 2100. The van der Waals surface area contributed by atoms with Crippen molar-refractivity contribution in [1.82, 2.24) is 4.57 Å². The molecular formula is C34H27NO2. The smallest absolute Gasteiger partial charge is 0.266 e. The predicted molar refractivity (Wildman–Crippen MR) is 156 cm³/mol. The molecule has 0 amide bonds. The van der Waals surface area contributed by atoms with Crippen LogP contribution >= 0.6 is 0 Å². The Kier molecular flexibility index (Phi) is 4.54. The minimum Gasteiger partial charge on any atom is -0.268 e. The minimum atomic E-state index is -0.232. The highest BCUT2D eigenvalue weighted by molar-refractivity contribution is 6.36. The van der Waals surface area contributed by atoms with Gasteiger partial charge in [0.25, 0.3) is 11.1 Å². The molecule has 0 aliphatic heterocycles. The second-order valence-electron chi connectivity index (χ2n) is 10.8. The van der Waals surface area contributed by atoms with Crippen LogP contribution in [0.3, 0.4) is 0 Å². The number of rotatable bonds is 3. The van der Waals surface area contributed by atoms with Gasteiger partial charge in [-0.15, -0.1) is 0 Å². The minimum absolute atomic E-state index is 0.172. The molecule has 0 saturated carbocycles. The summed E-state index contributed by atoms with van der Waals surface area (Å²) < 4.78 is 1.46. The summed E-state index contributed by atoms with van der Waals surface area (Å²) in [6, 6.07) is 27.0. The van der Waals surface area contributed by atoms with Gasteiger partial charge >= 0.3 is 0 Å². The topological polar surface area (TPSA) is 39.1 Å². The van der Waals surface area contributed by atoms with E-state index < -0.39 is 0 Å². The Hall–Kier alpha value is -4.24. The predicted octanol–water partition coefficient (Wildman–Crippen LogP) is 8.09. The van der Waals surface area contributed by atoms with Crippen molar-refractivity contribution >= 4 is 53.9 Å². The molecule has 37 heavy (non-hydrogen) atoms. The first-order valence-electron chi connectivity index (χ1n) is 13.0. The van der Waals surface area contributed by atoms with Crippen molar-refractivity contribution in [3.8, 4) is 5.69 Å². The third-order valence-electron chi connectivity index (χ3n) is 8.06. The second-order valence-corrected chi connectivity index (χ2v) is 10.8. The van der Waals surface area contributed by atoms with Gasteiger partial charge in [0, 0.05) is 0 Å². The van der Waals surface area contributed by atoms with Crippen LogP contribution in [-0.2, 0) is 0 Å². The number of fused-ring (bicyclic) bond motifs is 4. The molecule has 0 atom stereocenters. The van der Waals surface area contributed by atoms with Gasteiger partial charge in [-0.3, -0.25) is 9.59 Å². The zero-order valence-electron chi connectivity index (χ0n) is 21.4. The molecule has 0 aliphatic carbocycles. The van der Waals surface area contributed by atoms with Crippen LogP contribution in [0.1, 0.15) is 50.7 Å². The second kappa shape index (κ2) is 7.63. The monoisotopic (exact) mass is 481 g/mol. The molecular weight excluding hydrogens is 454 g/mol. The Morgan fingerprint density at radius 1 is 0.514 bits per heavy atom. The number of benzene rings is 6. The first kappa shape index (κ1) is 22.0. The fourth-order valence-corrected chi connectivity index (χ4v) is 6.41. The summed E-state index contributed by atoms with van der Waals surface area (Å²) in [5.74, 6) is 0.345. The van der Waals surface area contributed by atoms with E-state index in [0.29, 0.717) is 10.8 Å².